The van der Waals surface area contributed by atoms with E-state index < -0.39 is 6.61 Å². The first-order chi connectivity index (χ1) is 15.4. The number of aromatic nitrogens is 1. The molecule has 1 amide bonds. The van der Waals surface area contributed by atoms with Gasteiger partial charge in [-0.15, -0.1) is 0 Å². The van der Waals surface area contributed by atoms with Crippen molar-refractivity contribution in [2.24, 2.45) is 0 Å². The highest BCUT2D eigenvalue weighted by molar-refractivity contribution is 6.08. The number of alkyl halides is 2. The van der Waals surface area contributed by atoms with Gasteiger partial charge in [0.25, 0.3) is 0 Å². The first-order valence-corrected chi connectivity index (χ1v) is 10.2. The molecule has 5 nitrogen and oxygen atoms in total. The minimum absolute atomic E-state index is 0.0714. The third-order valence-electron chi connectivity index (χ3n) is 5.86. The number of carbonyl (C=O) groups excluding carboxylic acids is 1. The molecule has 1 fully saturated rings. The molecule has 1 aliphatic rings. The van der Waals surface area contributed by atoms with Crippen molar-refractivity contribution < 1.29 is 27.1 Å². The number of nitrogens with zero attached hydrogens (tertiary/aromatic N) is 2. The van der Waals surface area contributed by atoms with Crippen molar-refractivity contribution in [2.75, 3.05) is 6.54 Å². The van der Waals surface area contributed by atoms with Crippen LogP contribution in [0.3, 0.4) is 0 Å². The Hall–Kier alpha value is -3.55. The Morgan fingerprint density at radius 3 is 2.88 bits per heavy atom. The third kappa shape index (κ3) is 3.55. The summed E-state index contributed by atoms with van der Waals surface area (Å²) in [6, 6.07) is 9.73. The van der Waals surface area contributed by atoms with E-state index in [2.05, 4.69) is 9.72 Å². The smallest absolute Gasteiger partial charge is 0.387 e. The molecule has 1 unspecified atom stereocenters. The van der Waals surface area contributed by atoms with E-state index in [0.29, 0.717) is 28.5 Å². The molecule has 8 heteroatoms. The number of hydrogen-bond acceptors (Lipinski definition) is 4. The van der Waals surface area contributed by atoms with Crippen molar-refractivity contribution in [3.05, 3.63) is 71.3 Å². The molecule has 0 N–H and O–H groups in total. The minimum Gasteiger partial charge on any atom is -0.452 e. The molecule has 2 aromatic heterocycles. The summed E-state index contributed by atoms with van der Waals surface area (Å²) >= 11 is 0. The highest BCUT2D eigenvalue weighted by atomic mass is 19.3. The normalized spacial score (nSPS) is 16.6. The number of benzene rings is 2. The fourth-order valence-electron chi connectivity index (χ4n) is 4.37. The van der Waals surface area contributed by atoms with Crippen LogP contribution < -0.4 is 4.74 Å². The maximum absolute atomic E-state index is 14.3. The predicted molar refractivity (Wildman–Crippen MR) is 112 cm³/mol. The number of carbonyl (C=O) groups is 1. The van der Waals surface area contributed by atoms with Crippen LogP contribution in [0.1, 0.15) is 29.0 Å². The van der Waals surface area contributed by atoms with Crippen molar-refractivity contribution in [3.63, 3.8) is 0 Å². The average Bonchev–Trinajstić information content (AvgIpc) is 3.31. The SMILES string of the molecule is Cc1ccc(CN2CC(c3ccc(OC(F)F)c4oc5ccncc5c34)CC2=O)c(F)c1. The summed E-state index contributed by atoms with van der Waals surface area (Å²) in [5.41, 5.74) is 2.73. The number of furan rings is 1. The Labute approximate surface area is 181 Å². The highest BCUT2D eigenvalue weighted by Gasteiger charge is 2.33. The van der Waals surface area contributed by atoms with Crippen LogP contribution in [0.2, 0.25) is 0 Å². The van der Waals surface area contributed by atoms with E-state index in [1.54, 1.807) is 42.4 Å². The second-order valence-electron chi connectivity index (χ2n) is 7.98. The zero-order valence-electron chi connectivity index (χ0n) is 17.1. The monoisotopic (exact) mass is 440 g/mol. The highest BCUT2D eigenvalue weighted by Crippen LogP contribution is 2.42. The topological polar surface area (TPSA) is 55.6 Å². The van der Waals surface area contributed by atoms with E-state index in [4.69, 9.17) is 4.42 Å². The van der Waals surface area contributed by atoms with Crippen molar-refractivity contribution in [2.45, 2.75) is 32.4 Å². The number of rotatable bonds is 5. The summed E-state index contributed by atoms with van der Waals surface area (Å²) in [6.07, 6.45) is 3.38. The number of pyridine rings is 1. The van der Waals surface area contributed by atoms with Crippen LogP contribution in [-0.4, -0.2) is 28.9 Å². The Bertz CT molecular complexity index is 1340. The van der Waals surface area contributed by atoms with Crippen LogP contribution in [0.25, 0.3) is 21.9 Å². The van der Waals surface area contributed by atoms with Gasteiger partial charge in [-0.25, -0.2) is 4.39 Å². The zero-order chi connectivity index (χ0) is 22.4. The number of aryl methyl sites for hydroxylation is 1. The molecule has 164 valence electrons. The molecule has 0 bridgehead atoms. The van der Waals surface area contributed by atoms with E-state index in [1.165, 1.54) is 12.1 Å². The van der Waals surface area contributed by atoms with E-state index >= 15 is 0 Å². The Morgan fingerprint density at radius 2 is 2.09 bits per heavy atom. The maximum Gasteiger partial charge on any atom is 0.387 e. The van der Waals surface area contributed by atoms with E-state index in [1.807, 2.05) is 6.07 Å². The number of hydrogen-bond donors (Lipinski definition) is 0. The first kappa shape index (κ1) is 20.4. The molecule has 4 aromatic rings. The van der Waals surface area contributed by atoms with Gasteiger partial charge in [0.1, 0.15) is 11.4 Å². The van der Waals surface area contributed by atoms with Gasteiger partial charge in [0, 0.05) is 54.2 Å². The van der Waals surface area contributed by atoms with Gasteiger partial charge in [-0.2, -0.15) is 8.78 Å². The zero-order valence-corrected chi connectivity index (χ0v) is 17.1. The number of fused-ring (bicyclic) bond motifs is 3. The quantitative estimate of drug-likeness (QED) is 0.409. The summed E-state index contributed by atoms with van der Waals surface area (Å²) < 4.78 is 50.6. The van der Waals surface area contributed by atoms with Gasteiger partial charge in [-0.05, 0) is 36.2 Å². The maximum atomic E-state index is 14.3. The Morgan fingerprint density at radius 1 is 1.25 bits per heavy atom. The average molecular weight is 440 g/mol. The molecule has 2 aromatic carbocycles. The summed E-state index contributed by atoms with van der Waals surface area (Å²) in [7, 11) is 0. The van der Waals surface area contributed by atoms with Crippen LogP contribution in [0, 0.1) is 12.7 Å². The molecular formula is C24H19F3N2O3. The molecule has 1 aliphatic heterocycles. The third-order valence-corrected chi connectivity index (χ3v) is 5.86. The lowest BCUT2D eigenvalue weighted by Gasteiger charge is -2.18. The van der Waals surface area contributed by atoms with Crippen molar-refractivity contribution >= 4 is 27.8 Å². The molecule has 5 rings (SSSR count). The lowest BCUT2D eigenvalue weighted by atomic mass is 9.93. The lowest BCUT2D eigenvalue weighted by Crippen LogP contribution is -2.25. The number of halogens is 3. The molecule has 32 heavy (non-hydrogen) atoms. The molecule has 0 saturated carbocycles. The molecule has 3 heterocycles. The summed E-state index contributed by atoms with van der Waals surface area (Å²) in [6.45, 7) is -0.641. The summed E-state index contributed by atoms with van der Waals surface area (Å²) in [5, 5.41) is 1.26. The van der Waals surface area contributed by atoms with Crippen LogP contribution in [0.4, 0.5) is 13.2 Å². The molecule has 1 saturated heterocycles. The molecule has 1 atom stereocenters. The molecule has 0 radical (unpaired) electrons. The predicted octanol–water partition coefficient (Wildman–Crippen LogP) is 5.55. The second-order valence-corrected chi connectivity index (χ2v) is 7.98. The largest absolute Gasteiger partial charge is 0.452 e. The van der Waals surface area contributed by atoms with Crippen LogP contribution in [0.5, 0.6) is 5.75 Å². The van der Waals surface area contributed by atoms with Gasteiger partial charge < -0.3 is 14.1 Å². The van der Waals surface area contributed by atoms with Crippen LogP contribution in [-0.2, 0) is 11.3 Å². The van der Waals surface area contributed by atoms with Crippen LogP contribution in [0.15, 0.2) is 53.2 Å². The van der Waals surface area contributed by atoms with Gasteiger partial charge >= 0.3 is 6.61 Å². The minimum atomic E-state index is -3.00. The number of likely N-dealkylation sites (tertiary alicyclic amines) is 1. The fraction of sp³-hybridized carbons (Fsp3) is 0.250. The summed E-state index contributed by atoms with van der Waals surface area (Å²) in [5.74, 6) is -0.719. The van der Waals surface area contributed by atoms with Gasteiger partial charge in [0.05, 0.1) is 0 Å². The first-order valence-electron chi connectivity index (χ1n) is 10.2. The number of ether oxygens (including phenoxy) is 1. The van der Waals surface area contributed by atoms with Gasteiger partial charge in [0.15, 0.2) is 11.3 Å². The standard InChI is InChI=1S/C24H19F3N2O3/c1-13-2-3-14(18(25)8-13)11-29-12-15(9-21(29)30)16-4-5-20(32-24(26)27)23-22(16)17-10-28-7-6-19(17)31-23/h2-8,10,15,24H,9,11-12H2,1H3. The lowest BCUT2D eigenvalue weighted by molar-refractivity contribution is -0.128. The molecular weight excluding hydrogens is 421 g/mol. The van der Waals surface area contributed by atoms with Gasteiger partial charge in [-0.3, -0.25) is 9.78 Å². The number of amides is 1. The van der Waals surface area contributed by atoms with Crippen molar-refractivity contribution in [1.29, 1.82) is 0 Å². The fourth-order valence-corrected chi connectivity index (χ4v) is 4.37. The van der Waals surface area contributed by atoms with E-state index in [9.17, 15) is 18.0 Å². The van der Waals surface area contributed by atoms with Crippen molar-refractivity contribution in [1.82, 2.24) is 9.88 Å². The van der Waals surface area contributed by atoms with Gasteiger partial charge in [-0.1, -0.05) is 18.2 Å². The Balaban J connectivity index is 1.53. The van der Waals surface area contributed by atoms with E-state index in [0.717, 1.165) is 11.1 Å². The molecule has 0 spiro atoms. The van der Waals surface area contributed by atoms with Gasteiger partial charge in [0.2, 0.25) is 5.91 Å². The van der Waals surface area contributed by atoms with Crippen molar-refractivity contribution in [3.8, 4) is 5.75 Å². The Kier molecular flexibility index (Phi) is 5.00. The van der Waals surface area contributed by atoms with Crippen LogP contribution >= 0.6 is 0 Å². The van der Waals surface area contributed by atoms with E-state index in [-0.39, 0.29) is 41.9 Å². The summed E-state index contributed by atoms with van der Waals surface area (Å²) in [4.78, 5) is 18.5. The second kappa shape index (κ2) is 7.85. The molecule has 0 aliphatic carbocycles.